The van der Waals surface area contributed by atoms with E-state index in [1.54, 1.807) is 31.2 Å². The number of halogens is 4. The first-order chi connectivity index (χ1) is 13.9. The number of carbonyl (C=O) groups excluding carboxylic acids is 2. The van der Waals surface area contributed by atoms with E-state index in [0.29, 0.717) is 37.3 Å². The molecule has 1 aromatic rings. The number of fused-ring (bicyclic) bond motifs is 2. The van der Waals surface area contributed by atoms with Crippen LogP contribution < -0.4 is 5.32 Å². The second-order valence-corrected chi connectivity index (χ2v) is 7.62. The van der Waals surface area contributed by atoms with Gasteiger partial charge in [-0.25, -0.2) is 9.18 Å². The van der Waals surface area contributed by atoms with Crippen LogP contribution in [0.1, 0.15) is 29.3 Å². The van der Waals surface area contributed by atoms with E-state index in [9.17, 15) is 27.2 Å². The zero-order valence-corrected chi connectivity index (χ0v) is 16.1. The predicted octanol–water partition coefficient (Wildman–Crippen LogP) is 1.53. The maximum absolute atomic E-state index is 14.5. The fraction of sp³-hybridized carbons (Fsp3) is 0.526. The van der Waals surface area contributed by atoms with Crippen LogP contribution in [0.25, 0.3) is 0 Å². The van der Waals surface area contributed by atoms with E-state index >= 15 is 0 Å². The van der Waals surface area contributed by atoms with E-state index in [1.807, 2.05) is 9.80 Å². The Labute approximate surface area is 169 Å². The number of rotatable bonds is 2. The molecule has 0 aromatic heterocycles. The Bertz CT molecular complexity index is 856. The molecule has 0 spiro atoms. The fourth-order valence-electron chi connectivity index (χ4n) is 3.95. The predicted molar refractivity (Wildman–Crippen MR) is 96.4 cm³/mol. The molecule has 4 rings (SSSR count). The molecule has 2 N–H and O–H groups in total. The zero-order valence-electron chi connectivity index (χ0n) is 16.1. The number of piperazine rings is 1. The van der Waals surface area contributed by atoms with Gasteiger partial charge in [0.25, 0.3) is 5.91 Å². The minimum atomic E-state index is -5.08. The molecule has 3 heterocycles. The van der Waals surface area contributed by atoms with Gasteiger partial charge in [-0.2, -0.15) is 13.2 Å². The van der Waals surface area contributed by atoms with Crippen molar-refractivity contribution in [2.24, 2.45) is 0 Å². The molecule has 3 fully saturated rings. The van der Waals surface area contributed by atoms with Crippen LogP contribution in [-0.4, -0.2) is 77.1 Å². The van der Waals surface area contributed by atoms with Crippen molar-refractivity contribution < 1.29 is 37.1 Å². The third-order valence-electron chi connectivity index (χ3n) is 5.59. The van der Waals surface area contributed by atoms with Crippen molar-refractivity contribution in [1.82, 2.24) is 15.1 Å². The van der Waals surface area contributed by atoms with Gasteiger partial charge in [0.05, 0.1) is 12.1 Å². The Balaban J connectivity index is 0.000000318. The summed E-state index contributed by atoms with van der Waals surface area (Å²) in [5, 5.41) is 10.1. The molecule has 164 valence electrons. The lowest BCUT2D eigenvalue weighted by molar-refractivity contribution is -0.192. The second kappa shape index (κ2) is 7.86. The third kappa shape index (κ3) is 4.25. The number of carboxylic acid groups (broad SMARTS) is 1. The topological polar surface area (TPSA) is 90.0 Å². The number of alkyl halides is 4. The van der Waals surface area contributed by atoms with Gasteiger partial charge in [-0.3, -0.25) is 9.59 Å². The van der Waals surface area contributed by atoms with Crippen molar-refractivity contribution >= 4 is 17.8 Å². The Morgan fingerprint density at radius 1 is 1.13 bits per heavy atom. The van der Waals surface area contributed by atoms with Gasteiger partial charge in [0.1, 0.15) is 0 Å². The van der Waals surface area contributed by atoms with Crippen molar-refractivity contribution in [3.63, 3.8) is 0 Å². The third-order valence-corrected chi connectivity index (χ3v) is 5.59. The van der Waals surface area contributed by atoms with Crippen LogP contribution >= 0.6 is 0 Å². The number of hydrogen-bond acceptors (Lipinski definition) is 4. The maximum atomic E-state index is 14.5. The van der Waals surface area contributed by atoms with E-state index in [-0.39, 0.29) is 23.9 Å². The SMILES string of the molecule is CC(=O)N1C[C@@H]2C[C@H]1CN2C(=O)c1cccc(C2(F)CNC2)c1.O=C(O)C(F)(F)F. The van der Waals surface area contributed by atoms with Crippen LogP contribution in [0.5, 0.6) is 0 Å². The van der Waals surface area contributed by atoms with Crippen LogP contribution in [0, 0.1) is 0 Å². The molecule has 1 aromatic carbocycles. The van der Waals surface area contributed by atoms with Gasteiger partial charge >= 0.3 is 12.1 Å². The van der Waals surface area contributed by atoms with Crippen LogP contribution in [0.3, 0.4) is 0 Å². The number of carbonyl (C=O) groups is 3. The zero-order chi connectivity index (χ0) is 22.3. The van der Waals surface area contributed by atoms with Crippen molar-refractivity contribution in [1.29, 1.82) is 0 Å². The Morgan fingerprint density at radius 2 is 1.70 bits per heavy atom. The largest absolute Gasteiger partial charge is 0.490 e. The lowest BCUT2D eigenvalue weighted by atomic mass is 9.89. The van der Waals surface area contributed by atoms with Gasteiger partial charge in [0.15, 0.2) is 5.67 Å². The summed E-state index contributed by atoms with van der Waals surface area (Å²) in [6.07, 6.45) is -4.23. The van der Waals surface area contributed by atoms with Crippen LogP contribution in [0.4, 0.5) is 17.6 Å². The highest BCUT2D eigenvalue weighted by atomic mass is 19.4. The summed E-state index contributed by atoms with van der Waals surface area (Å²) in [5.41, 5.74) is -0.253. The van der Waals surface area contributed by atoms with E-state index in [0.717, 1.165) is 6.42 Å². The van der Waals surface area contributed by atoms with Gasteiger partial charge in [-0.1, -0.05) is 12.1 Å². The van der Waals surface area contributed by atoms with Crippen molar-refractivity contribution in [2.75, 3.05) is 26.2 Å². The molecule has 11 heteroatoms. The van der Waals surface area contributed by atoms with Crippen LogP contribution in [0.15, 0.2) is 24.3 Å². The molecule has 0 saturated carbocycles. The van der Waals surface area contributed by atoms with Gasteiger partial charge in [-0.05, 0) is 24.1 Å². The highest BCUT2D eigenvalue weighted by Gasteiger charge is 2.46. The molecule has 30 heavy (non-hydrogen) atoms. The minimum absolute atomic E-state index is 0.0570. The van der Waals surface area contributed by atoms with Gasteiger partial charge in [0, 0.05) is 38.7 Å². The second-order valence-electron chi connectivity index (χ2n) is 7.62. The number of carboxylic acids is 1. The van der Waals surface area contributed by atoms with Gasteiger partial charge in [-0.15, -0.1) is 0 Å². The first-order valence-corrected chi connectivity index (χ1v) is 9.31. The number of hydrogen-bond donors (Lipinski definition) is 2. The molecule has 7 nitrogen and oxygen atoms in total. The first kappa shape index (κ1) is 22.0. The summed E-state index contributed by atoms with van der Waals surface area (Å²) < 4.78 is 46.3. The smallest absolute Gasteiger partial charge is 0.475 e. The number of aliphatic carboxylic acids is 1. The minimum Gasteiger partial charge on any atom is -0.475 e. The van der Waals surface area contributed by atoms with E-state index < -0.39 is 17.8 Å². The molecular formula is C19H21F4N3O4. The Hall–Kier alpha value is -2.69. The Morgan fingerprint density at radius 3 is 2.13 bits per heavy atom. The van der Waals surface area contributed by atoms with Crippen molar-refractivity contribution in [3.05, 3.63) is 35.4 Å². The van der Waals surface area contributed by atoms with E-state index in [1.165, 1.54) is 0 Å². The lowest BCUT2D eigenvalue weighted by Gasteiger charge is -2.36. The normalized spacial score (nSPS) is 24.0. The van der Waals surface area contributed by atoms with Crippen LogP contribution in [0.2, 0.25) is 0 Å². The molecule has 3 saturated heterocycles. The lowest BCUT2D eigenvalue weighted by Crippen LogP contribution is -2.53. The highest BCUT2D eigenvalue weighted by Crippen LogP contribution is 2.34. The monoisotopic (exact) mass is 431 g/mol. The number of nitrogens with one attached hydrogen (secondary N) is 1. The summed E-state index contributed by atoms with van der Waals surface area (Å²) in [6.45, 7) is 3.36. The molecule has 0 aliphatic carbocycles. The molecular weight excluding hydrogens is 410 g/mol. The molecule has 0 unspecified atom stereocenters. The number of nitrogens with zero attached hydrogens (tertiary/aromatic N) is 2. The Kier molecular flexibility index (Phi) is 5.76. The molecule has 2 bridgehead atoms. The standard InChI is InChI=1S/C17H20FN3O2.C2HF3O2/c1-11(22)20-7-15-6-14(20)8-21(15)16(23)12-3-2-4-13(5-12)17(18)9-19-10-17;3-2(4,5)1(6)7/h2-5,14-15,19H,6-10H2,1H3;(H,6,7)/t14-,15-;/m0./s1. The van der Waals surface area contributed by atoms with Gasteiger partial charge < -0.3 is 20.2 Å². The van der Waals surface area contributed by atoms with Crippen molar-refractivity contribution in [3.8, 4) is 0 Å². The molecule has 3 aliphatic heterocycles. The summed E-state index contributed by atoms with van der Waals surface area (Å²) in [7, 11) is 0. The molecule has 2 amide bonds. The van der Waals surface area contributed by atoms with Crippen LogP contribution in [-0.2, 0) is 15.3 Å². The fourth-order valence-corrected chi connectivity index (χ4v) is 3.95. The van der Waals surface area contributed by atoms with E-state index in [2.05, 4.69) is 5.32 Å². The molecule has 2 atom stereocenters. The van der Waals surface area contributed by atoms with Gasteiger partial charge in [0.2, 0.25) is 5.91 Å². The first-order valence-electron chi connectivity index (χ1n) is 9.31. The summed E-state index contributed by atoms with van der Waals surface area (Å²) >= 11 is 0. The average molecular weight is 431 g/mol. The summed E-state index contributed by atoms with van der Waals surface area (Å²) in [4.78, 5) is 36.9. The number of likely N-dealkylation sites (tertiary alicyclic amines) is 2. The van der Waals surface area contributed by atoms with E-state index in [4.69, 9.17) is 9.90 Å². The highest BCUT2D eigenvalue weighted by molar-refractivity contribution is 5.95. The molecule has 3 aliphatic rings. The molecule has 0 radical (unpaired) electrons. The maximum Gasteiger partial charge on any atom is 0.490 e. The number of amides is 2. The summed E-state index contributed by atoms with van der Waals surface area (Å²) in [5.74, 6) is -2.74. The quantitative estimate of drug-likeness (QED) is 0.694. The summed E-state index contributed by atoms with van der Waals surface area (Å²) in [6, 6.07) is 7.13. The van der Waals surface area contributed by atoms with Crippen molar-refractivity contribution in [2.45, 2.75) is 37.3 Å². The number of benzene rings is 1. The average Bonchev–Trinajstić information content (AvgIpc) is 3.26.